The van der Waals surface area contributed by atoms with Crippen LogP contribution in [0.4, 0.5) is 0 Å². The number of esters is 2. The van der Waals surface area contributed by atoms with Gasteiger partial charge in [-0.25, -0.2) is 4.79 Å². The van der Waals surface area contributed by atoms with Crippen LogP contribution in [0.1, 0.15) is 58.9 Å². The van der Waals surface area contributed by atoms with Crippen molar-refractivity contribution >= 4 is 35.1 Å². The summed E-state index contributed by atoms with van der Waals surface area (Å²) >= 11 is 12.0. The Morgan fingerprint density at radius 3 is 2.36 bits per heavy atom. The molecule has 2 rings (SSSR count). The molecular formula is C21H28Cl2O5. The van der Waals surface area contributed by atoms with Crippen LogP contribution in [0.15, 0.2) is 18.2 Å². The van der Waals surface area contributed by atoms with Crippen molar-refractivity contribution in [1.29, 1.82) is 0 Å². The van der Waals surface area contributed by atoms with Crippen molar-refractivity contribution in [2.75, 3.05) is 6.61 Å². The van der Waals surface area contributed by atoms with E-state index >= 15 is 0 Å². The number of hydrogen-bond donors (Lipinski definition) is 0. The van der Waals surface area contributed by atoms with Gasteiger partial charge in [-0.15, -0.1) is 0 Å². The van der Waals surface area contributed by atoms with E-state index in [2.05, 4.69) is 0 Å². The summed E-state index contributed by atoms with van der Waals surface area (Å²) in [6, 6.07) is 4.91. The predicted octanol–water partition coefficient (Wildman–Crippen LogP) is 5.14. The number of carbonyl (C=O) groups excluding carboxylic acids is 2. The molecule has 0 amide bonds. The van der Waals surface area contributed by atoms with E-state index in [1.165, 1.54) is 0 Å². The number of hydrogen-bond acceptors (Lipinski definition) is 5. The van der Waals surface area contributed by atoms with Crippen LogP contribution in [0.25, 0.3) is 0 Å². The molecule has 1 aromatic carbocycles. The second-order valence-electron chi connectivity index (χ2n) is 8.03. The second-order valence-corrected chi connectivity index (χ2v) is 8.87. The fraction of sp³-hybridized carbons (Fsp3) is 0.619. The first-order valence-electron chi connectivity index (χ1n) is 9.55. The zero-order valence-corrected chi connectivity index (χ0v) is 18.4. The molecule has 1 aliphatic rings. The smallest absolute Gasteiger partial charge is 0.350 e. The first-order chi connectivity index (χ1) is 13.0. The van der Waals surface area contributed by atoms with Gasteiger partial charge in [0, 0.05) is 22.9 Å². The SMILES string of the molecule is CCOC(=O)C1(OC(=O)Cc2ccc(Cl)cc2Cl)CCC(OC(C)(C)C)CC1. The molecule has 1 fully saturated rings. The van der Waals surface area contributed by atoms with Gasteiger partial charge in [-0.2, -0.15) is 0 Å². The van der Waals surface area contributed by atoms with Crippen molar-refractivity contribution in [2.45, 2.75) is 77.1 Å². The van der Waals surface area contributed by atoms with Gasteiger partial charge in [0.05, 0.1) is 24.7 Å². The lowest BCUT2D eigenvalue weighted by Crippen LogP contribution is -2.49. The number of halogens is 2. The van der Waals surface area contributed by atoms with E-state index in [0.29, 0.717) is 41.3 Å². The molecule has 1 aromatic rings. The standard InChI is InChI=1S/C21H28Cl2O5/c1-5-26-19(25)21(10-8-16(9-11-21)27-20(2,3)4)28-18(24)12-14-6-7-15(22)13-17(14)23/h6-7,13,16H,5,8-12H2,1-4H3. The van der Waals surface area contributed by atoms with E-state index < -0.39 is 17.5 Å². The summed E-state index contributed by atoms with van der Waals surface area (Å²) in [4.78, 5) is 25.2. The third-order valence-corrected chi connectivity index (χ3v) is 5.15. The highest BCUT2D eigenvalue weighted by molar-refractivity contribution is 6.35. The second kappa shape index (κ2) is 9.47. The normalized spacial score (nSPS) is 22.6. The van der Waals surface area contributed by atoms with Gasteiger partial charge in [-0.05, 0) is 58.2 Å². The van der Waals surface area contributed by atoms with E-state index in [4.69, 9.17) is 37.4 Å². The Labute approximate surface area is 176 Å². The predicted molar refractivity (Wildman–Crippen MR) is 109 cm³/mol. The Balaban J connectivity index is 2.09. The third kappa shape index (κ3) is 6.36. The summed E-state index contributed by atoms with van der Waals surface area (Å²) in [7, 11) is 0. The van der Waals surface area contributed by atoms with Gasteiger partial charge in [0.1, 0.15) is 0 Å². The molecule has 156 valence electrons. The quantitative estimate of drug-likeness (QED) is 0.584. The van der Waals surface area contributed by atoms with Crippen LogP contribution >= 0.6 is 23.2 Å². The Kier molecular flexibility index (Phi) is 7.77. The van der Waals surface area contributed by atoms with E-state index in [9.17, 15) is 9.59 Å². The molecule has 0 aromatic heterocycles. The lowest BCUT2D eigenvalue weighted by molar-refractivity contribution is -0.191. The molecule has 0 spiro atoms. The molecule has 7 heteroatoms. The summed E-state index contributed by atoms with van der Waals surface area (Å²) in [5, 5.41) is 0.874. The summed E-state index contributed by atoms with van der Waals surface area (Å²) in [6.07, 6.45) is 1.95. The average molecular weight is 431 g/mol. The molecule has 0 saturated heterocycles. The fourth-order valence-corrected chi connectivity index (χ4v) is 3.84. The highest BCUT2D eigenvalue weighted by atomic mass is 35.5. The molecule has 1 aliphatic carbocycles. The monoisotopic (exact) mass is 430 g/mol. The van der Waals surface area contributed by atoms with Gasteiger partial charge in [-0.3, -0.25) is 4.79 Å². The maximum Gasteiger partial charge on any atom is 0.350 e. The maximum absolute atomic E-state index is 12.6. The van der Waals surface area contributed by atoms with Gasteiger partial charge in [-0.1, -0.05) is 29.3 Å². The zero-order chi connectivity index (χ0) is 20.9. The molecule has 1 saturated carbocycles. The van der Waals surface area contributed by atoms with Gasteiger partial charge >= 0.3 is 11.9 Å². The van der Waals surface area contributed by atoms with Crippen LogP contribution in [-0.4, -0.2) is 35.9 Å². The number of ether oxygens (including phenoxy) is 3. The van der Waals surface area contributed by atoms with Crippen molar-refractivity contribution in [2.24, 2.45) is 0 Å². The minimum Gasteiger partial charge on any atom is -0.463 e. The van der Waals surface area contributed by atoms with Crippen LogP contribution < -0.4 is 0 Å². The van der Waals surface area contributed by atoms with E-state index in [-0.39, 0.29) is 24.7 Å². The molecule has 0 unspecified atom stereocenters. The molecule has 0 atom stereocenters. The van der Waals surface area contributed by atoms with Crippen molar-refractivity contribution in [1.82, 2.24) is 0 Å². The lowest BCUT2D eigenvalue weighted by Gasteiger charge is -2.39. The van der Waals surface area contributed by atoms with Gasteiger partial charge < -0.3 is 14.2 Å². The van der Waals surface area contributed by atoms with Crippen LogP contribution in [0.5, 0.6) is 0 Å². The highest BCUT2D eigenvalue weighted by Gasteiger charge is 2.47. The number of benzene rings is 1. The fourth-order valence-electron chi connectivity index (χ4n) is 3.36. The summed E-state index contributed by atoms with van der Waals surface area (Å²) < 4.78 is 16.9. The Morgan fingerprint density at radius 2 is 1.82 bits per heavy atom. The summed E-state index contributed by atoms with van der Waals surface area (Å²) in [5.41, 5.74) is -0.944. The first-order valence-corrected chi connectivity index (χ1v) is 10.3. The third-order valence-electron chi connectivity index (χ3n) is 4.57. The Bertz CT molecular complexity index is 703. The molecule has 28 heavy (non-hydrogen) atoms. The first kappa shape index (κ1) is 23.0. The lowest BCUT2D eigenvalue weighted by atomic mass is 9.82. The van der Waals surface area contributed by atoms with Crippen LogP contribution in [0.2, 0.25) is 10.0 Å². The van der Waals surface area contributed by atoms with E-state index in [1.54, 1.807) is 25.1 Å². The van der Waals surface area contributed by atoms with Crippen molar-refractivity contribution in [3.63, 3.8) is 0 Å². The van der Waals surface area contributed by atoms with Gasteiger partial charge in [0.2, 0.25) is 5.60 Å². The Morgan fingerprint density at radius 1 is 1.18 bits per heavy atom. The van der Waals surface area contributed by atoms with Crippen LogP contribution in [0.3, 0.4) is 0 Å². The van der Waals surface area contributed by atoms with Crippen LogP contribution in [0, 0.1) is 0 Å². The molecule has 0 aliphatic heterocycles. The van der Waals surface area contributed by atoms with Crippen molar-refractivity contribution in [3.8, 4) is 0 Å². The summed E-state index contributed by atoms with van der Waals surface area (Å²) in [6.45, 7) is 7.95. The Hall–Kier alpha value is -1.30. The average Bonchev–Trinajstić information content (AvgIpc) is 2.58. The number of carbonyl (C=O) groups is 2. The van der Waals surface area contributed by atoms with Gasteiger partial charge in [0.15, 0.2) is 0 Å². The molecular weight excluding hydrogens is 403 g/mol. The van der Waals surface area contributed by atoms with E-state index in [1.807, 2.05) is 20.8 Å². The van der Waals surface area contributed by atoms with E-state index in [0.717, 1.165) is 0 Å². The topological polar surface area (TPSA) is 61.8 Å². The molecule has 0 bridgehead atoms. The van der Waals surface area contributed by atoms with Gasteiger partial charge in [0.25, 0.3) is 0 Å². The minimum atomic E-state index is -1.27. The van der Waals surface area contributed by atoms with Crippen LogP contribution in [-0.2, 0) is 30.2 Å². The molecule has 0 N–H and O–H groups in total. The summed E-state index contributed by atoms with van der Waals surface area (Å²) in [5.74, 6) is -1.02. The number of rotatable bonds is 6. The largest absolute Gasteiger partial charge is 0.463 e. The highest BCUT2D eigenvalue weighted by Crippen LogP contribution is 2.36. The molecule has 0 heterocycles. The molecule has 5 nitrogen and oxygen atoms in total. The zero-order valence-electron chi connectivity index (χ0n) is 16.8. The molecule has 0 radical (unpaired) electrons. The van der Waals surface area contributed by atoms with Crippen molar-refractivity contribution in [3.05, 3.63) is 33.8 Å². The maximum atomic E-state index is 12.6. The minimum absolute atomic E-state index is 0.0203. The van der Waals surface area contributed by atoms with Crippen molar-refractivity contribution < 1.29 is 23.8 Å².